The maximum atomic E-state index is 13.8. The van der Waals surface area contributed by atoms with Gasteiger partial charge in [-0.2, -0.15) is 0 Å². The predicted octanol–water partition coefficient (Wildman–Crippen LogP) is 6.22. The lowest BCUT2D eigenvalue weighted by molar-refractivity contribution is -0.148. The molecule has 7 heteroatoms. The van der Waals surface area contributed by atoms with Crippen LogP contribution in [0.3, 0.4) is 0 Å². The molecule has 3 rings (SSSR count). The minimum absolute atomic E-state index is 0.0161. The average Bonchev–Trinajstić information content (AvgIpc) is 3.38. The number of hydrogen-bond acceptors (Lipinski definition) is 4. The van der Waals surface area contributed by atoms with Gasteiger partial charge in [0.25, 0.3) is 0 Å². The summed E-state index contributed by atoms with van der Waals surface area (Å²) in [4.78, 5) is 41.5. The zero-order chi connectivity index (χ0) is 27.0. The molecule has 36 heavy (non-hydrogen) atoms. The first kappa shape index (κ1) is 28.7. The predicted molar refractivity (Wildman–Crippen MR) is 145 cm³/mol. The third kappa shape index (κ3) is 5.83. The van der Waals surface area contributed by atoms with Gasteiger partial charge in [-0.15, -0.1) is 23.2 Å². The van der Waals surface area contributed by atoms with Crippen LogP contribution in [-0.2, 0) is 19.1 Å². The van der Waals surface area contributed by atoms with Crippen molar-refractivity contribution in [3.63, 3.8) is 0 Å². The molecule has 0 spiro atoms. The number of alkyl halides is 2. The number of benzene rings is 1. The Kier molecular flexibility index (Phi) is 8.67. The highest BCUT2D eigenvalue weighted by atomic mass is 35.5. The molecule has 0 saturated carbocycles. The van der Waals surface area contributed by atoms with Gasteiger partial charge in [0.1, 0.15) is 5.76 Å². The van der Waals surface area contributed by atoms with Crippen LogP contribution in [0, 0.1) is 43.4 Å². The first-order valence-corrected chi connectivity index (χ1v) is 13.8. The molecule has 1 aliphatic heterocycles. The summed E-state index contributed by atoms with van der Waals surface area (Å²) in [7, 11) is 0. The van der Waals surface area contributed by atoms with Gasteiger partial charge in [-0.05, 0) is 83.9 Å². The quantitative estimate of drug-likeness (QED) is 0.292. The molecule has 0 radical (unpaired) electrons. The molecule has 1 amide bonds. The molecule has 1 heterocycles. The standard InChI is InChI=1S/C29H39Cl2NO4/c1-17-10-18(2)23(19(3)11-17)24-22(36-27(35)29(6,7)16-31)13-21(25(24)33)12-20-8-9-32(14-20)26(34)28(4,5)15-30/h10-11,20-21H,8-9,12-16H2,1-7H3. The number of ketones is 1. The van der Waals surface area contributed by atoms with Crippen molar-refractivity contribution < 1.29 is 19.1 Å². The molecule has 1 fully saturated rings. The fourth-order valence-electron chi connectivity index (χ4n) is 5.28. The molecule has 0 aromatic heterocycles. The van der Waals surface area contributed by atoms with E-state index in [0.717, 1.165) is 28.7 Å². The molecule has 1 aromatic rings. The molecule has 2 aliphatic rings. The minimum Gasteiger partial charge on any atom is -0.430 e. The van der Waals surface area contributed by atoms with Crippen LogP contribution in [0.2, 0.25) is 0 Å². The summed E-state index contributed by atoms with van der Waals surface area (Å²) in [5, 5.41) is 0. The Morgan fingerprint density at radius 3 is 2.17 bits per heavy atom. The monoisotopic (exact) mass is 535 g/mol. The van der Waals surface area contributed by atoms with E-state index in [1.54, 1.807) is 13.8 Å². The first-order chi connectivity index (χ1) is 16.7. The SMILES string of the molecule is Cc1cc(C)c(C2=C(OC(=O)C(C)(C)CCl)CC(CC3CCN(C(=O)C(C)(C)CCl)C3)C2=O)c(C)c1. The normalized spacial score (nSPS) is 20.9. The summed E-state index contributed by atoms with van der Waals surface area (Å²) in [6, 6.07) is 4.11. The van der Waals surface area contributed by atoms with Crippen molar-refractivity contribution in [2.24, 2.45) is 22.7 Å². The Hall–Kier alpha value is -1.85. The van der Waals surface area contributed by atoms with Crippen molar-refractivity contribution in [1.82, 2.24) is 4.90 Å². The van der Waals surface area contributed by atoms with E-state index in [9.17, 15) is 14.4 Å². The molecular weight excluding hydrogens is 497 g/mol. The highest BCUT2D eigenvalue weighted by molar-refractivity contribution is 6.25. The molecule has 1 aliphatic carbocycles. The molecule has 5 nitrogen and oxygen atoms in total. The maximum Gasteiger partial charge on any atom is 0.317 e. The number of esters is 1. The van der Waals surface area contributed by atoms with E-state index in [2.05, 4.69) is 12.1 Å². The van der Waals surface area contributed by atoms with Crippen LogP contribution in [-0.4, -0.2) is 47.4 Å². The molecule has 0 bridgehead atoms. The number of carbonyl (C=O) groups is 3. The van der Waals surface area contributed by atoms with Crippen LogP contribution in [0.5, 0.6) is 0 Å². The second kappa shape index (κ2) is 10.9. The van der Waals surface area contributed by atoms with Gasteiger partial charge in [0.15, 0.2) is 5.78 Å². The number of amides is 1. The maximum absolute atomic E-state index is 13.8. The van der Waals surface area contributed by atoms with E-state index in [1.807, 2.05) is 39.5 Å². The number of rotatable bonds is 8. The van der Waals surface area contributed by atoms with Gasteiger partial charge >= 0.3 is 5.97 Å². The molecule has 1 aromatic carbocycles. The van der Waals surface area contributed by atoms with Gasteiger partial charge < -0.3 is 9.64 Å². The van der Waals surface area contributed by atoms with Gasteiger partial charge in [0.05, 0.1) is 16.4 Å². The Morgan fingerprint density at radius 2 is 1.61 bits per heavy atom. The highest BCUT2D eigenvalue weighted by Gasteiger charge is 2.42. The summed E-state index contributed by atoms with van der Waals surface area (Å²) < 4.78 is 5.91. The van der Waals surface area contributed by atoms with Gasteiger partial charge in [-0.25, -0.2) is 0 Å². The summed E-state index contributed by atoms with van der Waals surface area (Å²) in [5.74, 6) is 0.401. The number of allylic oxidation sites excluding steroid dienone is 2. The zero-order valence-electron chi connectivity index (χ0n) is 22.6. The number of hydrogen-bond donors (Lipinski definition) is 0. The van der Waals surface area contributed by atoms with E-state index in [1.165, 1.54) is 0 Å². The van der Waals surface area contributed by atoms with Gasteiger partial charge in [0, 0.05) is 37.2 Å². The van der Waals surface area contributed by atoms with Gasteiger partial charge in [-0.1, -0.05) is 17.7 Å². The van der Waals surface area contributed by atoms with E-state index in [4.69, 9.17) is 27.9 Å². The second-order valence-electron chi connectivity index (χ2n) is 11.9. The van der Waals surface area contributed by atoms with Crippen molar-refractivity contribution in [3.8, 4) is 0 Å². The number of carbonyl (C=O) groups excluding carboxylic acids is 3. The van der Waals surface area contributed by atoms with E-state index in [-0.39, 0.29) is 35.3 Å². The van der Waals surface area contributed by atoms with Crippen molar-refractivity contribution in [2.45, 2.75) is 67.7 Å². The van der Waals surface area contributed by atoms with Crippen LogP contribution in [0.25, 0.3) is 5.57 Å². The lowest BCUT2D eigenvalue weighted by Crippen LogP contribution is -2.40. The van der Waals surface area contributed by atoms with E-state index < -0.39 is 16.8 Å². The third-order valence-corrected chi connectivity index (χ3v) is 8.80. The molecule has 198 valence electrons. The molecular formula is C29H39Cl2NO4. The molecule has 0 N–H and O–H groups in total. The third-order valence-electron chi connectivity index (χ3n) is 7.46. The smallest absolute Gasteiger partial charge is 0.317 e. The first-order valence-electron chi connectivity index (χ1n) is 12.7. The minimum atomic E-state index is -0.861. The molecule has 1 saturated heterocycles. The summed E-state index contributed by atoms with van der Waals surface area (Å²) in [6.07, 6.45) is 1.88. The molecule has 2 atom stereocenters. The Labute approximate surface area is 225 Å². The van der Waals surface area contributed by atoms with Crippen molar-refractivity contribution in [1.29, 1.82) is 0 Å². The fourth-order valence-corrected chi connectivity index (χ4v) is 5.51. The van der Waals surface area contributed by atoms with Gasteiger partial charge in [-0.3, -0.25) is 14.4 Å². The van der Waals surface area contributed by atoms with Crippen molar-refractivity contribution in [3.05, 3.63) is 40.1 Å². The van der Waals surface area contributed by atoms with Crippen LogP contribution in [0.1, 0.15) is 69.2 Å². The lowest BCUT2D eigenvalue weighted by atomic mass is 9.87. The number of ether oxygens (including phenoxy) is 1. The molecule has 2 unspecified atom stereocenters. The summed E-state index contributed by atoms with van der Waals surface area (Å²) in [6.45, 7) is 14.5. The highest BCUT2D eigenvalue weighted by Crippen LogP contribution is 2.43. The van der Waals surface area contributed by atoms with E-state index >= 15 is 0 Å². The van der Waals surface area contributed by atoms with Crippen molar-refractivity contribution >= 4 is 46.4 Å². The topological polar surface area (TPSA) is 63.7 Å². The van der Waals surface area contributed by atoms with Crippen LogP contribution in [0.4, 0.5) is 0 Å². The zero-order valence-corrected chi connectivity index (χ0v) is 24.1. The number of nitrogens with zero attached hydrogens (tertiary/aromatic N) is 1. The number of halogens is 2. The fraction of sp³-hybridized carbons (Fsp3) is 0.621. The second-order valence-corrected chi connectivity index (χ2v) is 12.4. The summed E-state index contributed by atoms with van der Waals surface area (Å²) >= 11 is 12.0. The van der Waals surface area contributed by atoms with Crippen molar-refractivity contribution in [2.75, 3.05) is 24.8 Å². The lowest BCUT2D eigenvalue weighted by Gasteiger charge is -2.27. The Balaban J connectivity index is 1.87. The number of likely N-dealkylation sites (tertiary alicyclic amines) is 1. The Morgan fingerprint density at radius 1 is 1.03 bits per heavy atom. The van der Waals surface area contributed by atoms with Crippen LogP contribution >= 0.6 is 23.2 Å². The largest absolute Gasteiger partial charge is 0.430 e. The van der Waals surface area contributed by atoms with Gasteiger partial charge in [0.2, 0.25) is 5.91 Å². The number of aryl methyl sites for hydroxylation is 3. The Bertz CT molecular complexity index is 1070. The summed E-state index contributed by atoms with van der Waals surface area (Å²) in [5.41, 5.74) is 3.00. The van der Waals surface area contributed by atoms with E-state index in [0.29, 0.717) is 37.3 Å². The number of Topliss-reactive ketones (excluding diaryl/α,β-unsaturated/α-hetero) is 1. The average molecular weight is 537 g/mol. The van der Waals surface area contributed by atoms with Crippen LogP contribution in [0.15, 0.2) is 17.9 Å². The van der Waals surface area contributed by atoms with Crippen LogP contribution < -0.4 is 0 Å².